The van der Waals surface area contributed by atoms with Crippen molar-refractivity contribution in [3.05, 3.63) is 0 Å². The second kappa shape index (κ2) is 3.40. The molecule has 0 saturated heterocycles. The Morgan fingerprint density at radius 3 is 2.60 bits per heavy atom. The number of fused-ring (bicyclic) bond motifs is 2. The molecule has 4 aliphatic rings. The molecule has 0 aliphatic heterocycles. The average Bonchev–Trinajstić information content (AvgIpc) is 2.74. The van der Waals surface area contributed by atoms with Crippen LogP contribution in [0.25, 0.3) is 0 Å². The lowest BCUT2D eigenvalue weighted by molar-refractivity contribution is -0.159. The van der Waals surface area contributed by atoms with Crippen molar-refractivity contribution in [2.24, 2.45) is 46.3 Å². The van der Waals surface area contributed by atoms with Gasteiger partial charge in [0.25, 0.3) is 0 Å². The lowest BCUT2D eigenvalue weighted by Gasteiger charge is -2.35. The molecule has 0 aromatic rings. The molecule has 110 valence electrons. The average molecular weight is 278 g/mol. The van der Waals surface area contributed by atoms with Gasteiger partial charge >= 0.3 is 11.9 Å². The van der Waals surface area contributed by atoms with E-state index in [-0.39, 0.29) is 16.8 Å². The third-order valence-corrected chi connectivity index (χ3v) is 7.65. The second-order valence-corrected chi connectivity index (χ2v) is 7.47. The van der Waals surface area contributed by atoms with E-state index in [0.29, 0.717) is 23.7 Å². The summed E-state index contributed by atoms with van der Waals surface area (Å²) in [5.74, 6) is 0.0616. The summed E-state index contributed by atoms with van der Waals surface area (Å²) in [4.78, 5) is 24.3. The molecule has 20 heavy (non-hydrogen) atoms. The summed E-state index contributed by atoms with van der Waals surface area (Å²) in [6.45, 7) is 4.32. The zero-order valence-electron chi connectivity index (χ0n) is 12.3. The third-order valence-electron chi connectivity index (χ3n) is 7.65. The molecule has 4 fully saturated rings. The Balaban J connectivity index is 1.90. The fraction of sp³-hybridized carbons (Fsp3) is 0.875. The monoisotopic (exact) mass is 278 g/mol. The molecule has 1 N–H and O–H groups in total. The topological polar surface area (TPSA) is 63.6 Å². The van der Waals surface area contributed by atoms with Crippen molar-refractivity contribution in [2.75, 3.05) is 7.11 Å². The lowest BCUT2D eigenvalue weighted by atomic mass is 9.68. The Bertz CT molecular complexity index is 515. The zero-order valence-corrected chi connectivity index (χ0v) is 12.3. The Kier molecular flexibility index (Phi) is 2.15. The van der Waals surface area contributed by atoms with Gasteiger partial charge in [0.1, 0.15) is 0 Å². The number of methoxy groups -OCH3 is 1. The maximum atomic E-state index is 12.4. The van der Waals surface area contributed by atoms with Gasteiger partial charge in [-0.2, -0.15) is 0 Å². The molecule has 4 rings (SSSR count). The highest BCUT2D eigenvalue weighted by Gasteiger charge is 2.89. The summed E-state index contributed by atoms with van der Waals surface area (Å²) in [6, 6.07) is 0. The lowest BCUT2D eigenvalue weighted by Crippen LogP contribution is -2.38. The van der Waals surface area contributed by atoms with Crippen LogP contribution in [0.4, 0.5) is 0 Å². The van der Waals surface area contributed by atoms with Crippen LogP contribution in [-0.4, -0.2) is 24.2 Å². The molecule has 0 aromatic carbocycles. The molecule has 0 radical (unpaired) electrons. The summed E-state index contributed by atoms with van der Waals surface area (Å²) in [5, 5.41) is 9.82. The Morgan fingerprint density at radius 1 is 1.35 bits per heavy atom. The minimum Gasteiger partial charge on any atom is -0.481 e. The summed E-state index contributed by atoms with van der Waals surface area (Å²) in [5.41, 5.74) is -0.203. The number of aliphatic carboxylic acids is 1. The van der Waals surface area contributed by atoms with Crippen LogP contribution < -0.4 is 0 Å². The van der Waals surface area contributed by atoms with E-state index in [1.165, 1.54) is 7.11 Å². The van der Waals surface area contributed by atoms with Gasteiger partial charge in [0.15, 0.2) is 0 Å². The number of carboxylic acids is 1. The number of hydrogen-bond donors (Lipinski definition) is 1. The van der Waals surface area contributed by atoms with Crippen LogP contribution in [0.2, 0.25) is 0 Å². The number of rotatable bonds is 3. The molecule has 4 heteroatoms. The summed E-state index contributed by atoms with van der Waals surface area (Å²) < 4.78 is 5.01. The van der Waals surface area contributed by atoms with Gasteiger partial charge in [-0.15, -0.1) is 0 Å². The van der Waals surface area contributed by atoms with Gasteiger partial charge in [-0.05, 0) is 53.8 Å². The van der Waals surface area contributed by atoms with Gasteiger partial charge in [0.2, 0.25) is 0 Å². The minimum atomic E-state index is -0.780. The van der Waals surface area contributed by atoms with Gasteiger partial charge in [-0.25, -0.2) is 0 Å². The number of carbonyl (C=O) groups excluding carboxylic acids is 1. The molecule has 0 heterocycles. The molecule has 1 spiro atoms. The van der Waals surface area contributed by atoms with Gasteiger partial charge in [0, 0.05) is 0 Å². The van der Waals surface area contributed by atoms with E-state index in [1.807, 2.05) is 0 Å². The van der Waals surface area contributed by atoms with Crippen LogP contribution in [0, 0.1) is 46.3 Å². The van der Waals surface area contributed by atoms with Crippen LogP contribution in [0.3, 0.4) is 0 Å². The van der Waals surface area contributed by atoms with E-state index in [1.54, 1.807) is 0 Å². The smallest absolute Gasteiger partial charge is 0.310 e. The quantitative estimate of drug-likeness (QED) is 0.804. The Labute approximate surface area is 118 Å². The third kappa shape index (κ3) is 0.961. The van der Waals surface area contributed by atoms with E-state index in [0.717, 1.165) is 19.3 Å². The maximum absolute atomic E-state index is 12.4. The molecular weight excluding hydrogens is 256 g/mol. The van der Waals surface area contributed by atoms with Crippen molar-refractivity contribution in [1.82, 2.24) is 0 Å². The number of carbonyl (C=O) groups is 2. The largest absolute Gasteiger partial charge is 0.481 e. The number of hydrogen-bond acceptors (Lipinski definition) is 3. The highest BCUT2D eigenvalue weighted by Crippen LogP contribution is 2.90. The van der Waals surface area contributed by atoms with E-state index < -0.39 is 17.8 Å². The van der Waals surface area contributed by atoms with Gasteiger partial charge in [0.05, 0.1) is 18.9 Å². The highest BCUT2D eigenvalue weighted by atomic mass is 16.5. The van der Waals surface area contributed by atoms with Gasteiger partial charge in [-0.1, -0.05) is 13.8 Å². The first kappa shape index (κ1) is 12.7. The summed E-state index contributed by atoms with van der Waals surface area (Å²) >= 11 is 0. The molecule has 4 saturated carbocycles. The summed E-state index contributed by atoms with van der Waals surface area (Å²) in [7, 11) is 1.39. The number of ether oxygens (including phenoxy) is 1. The number of carboxylic acid groups (broad SMARTS) is 1. The minimum absolute atomic E-state index is 0.0936. The molecule has 0 aromatic heterocycles. The van der Waals surface area contributed by atoms with E-state index in [9.17, 15) is 14.7 Å². The molecule has 4 nitrogen and oxygen atoms in total. The number of esters is 1. The molecule has 0 amide bonds. The van der Waals surface area contributed by atoms with E-state index in [2.05, 4.69) is 13.8 Å². The first-order chi connectivity index (χ1) is 9.46. The normalized spacial score (nSPS) is 57.5. The van der Waals surface area contributed by atoms with Crippen molar-refractivity contribution in [2.45, 2.75) is 33.1 Å². The molecule has 4 aliphatic carbocycles. The van der Waals surface area contributed by atoms with Crippen molar-refractivity contribution in [3.63, 3.8) is 0 Å². The fourth-order valence-electron chi connectivity index (χ4n) is 7.38. The van der Waals surface area contributed by atoms with Crippen molar-refractivity contribution in [1.29, 1.82) is 0 Å². The van der Waals surface area contributed by atoms with Crippen molar-refractivity contribution >= 4 is 11.9 Å². The summed E-state index contributed by atoms with van der Waals surface area (Å²) in [6.07, 6.45) is 3.08. The maximum Gasteiger partial charge on any atom is 0.310 e. The van der Waals surface area contributed by atoms with Crippen molar-refractivity contribution < 1.29 is 19.4 Å². The first-order valence-corrected chi connectivity index (χ1v) is 7.77. The van der Waals surface area contributed by atoms with Gasteiger partial charge in [-0.3, -0.25) is 9.59 Å². The van der Waals surface area contributed by atoms with Crippen LogP contribution >= 0.6 is 0 Å². The van der Waals surface area contributed by atoms with E-state index in [4.69, 9.17) is 4.74 Å². The Morgan fingerprint density at radius 2 is 2.05 bits per heavy atom. The molecular formula is C16H22O4. The molecule has 8 atom stereocenters. The first-order valence-electron chi connectivity index (χ1n) is 7.77. The van der Waals surface area contributed by atoms with Crippen LogP contribution in [0.1, 0.15) is 33.1 Å². The van der Waals surface area contributed by atoms with Crippen LogP contribution in [0.5, 0.6) is 0 Å². The van der Waals surface area contributed by atoms with E-state index >= 15 is 0 Å². The molecule has 2 bridgehead atoms. The second-order valence-electron chi connectivity index (χ2n) is 7.47. The van der Waals surface area contributed by atoms with Crippen LogP contribution in [-0.2, 0) is 14.3 Å². The highest BCUT2D eigenvalue weighted by molar-refractivity contribution is 5.85. The Hall–Kier alpha value is -1.06. The van der Waals surface area contributed by atoms with Gasteiger partial charge < -0.3 is 9.84 Å². The zero-order chi connectivity index (χ0) is 14.4. The SMILES string of the molecule is CCC12CC3CC1C1(C(C)C31)C(C(=O)O)C2C(=O)OC. The predicted octanol–water partition coefficient (Wildman–Crippen LogP) is 2.18. The molecule has 8 unspecified atom stereocenters. The fourth-order valence-corrected chi connectivity index (χ4v) is 7.38. The van der Waals surface area contributed by atoms with Crippen molar-refractivity contribution in [3.8, 4) is 0 Å². The predicted molar refractivity (Wildman–Crippen MR) is 70.7 cm³/mol. The van der Waals surface area contributed by atoms with Crippen LogP contribution in [0.15, 0.2) is 0 Å². The standard InChI is InChI=1S/C16H22O4/c1-4-15-6-8-5-9(15)16(7(2)10(8)16)11(13(17)18)12(15)14(19)20-3/h7-12H,4-6H2,1-3H3,(H,17,18).